The molecule has 0 unspecified atom stereocenters. The van der Waals surface area contributed by atoms with Gasteiger partial charge in [-0.05, 0) is 40.5 Å². The molecule has 4 heteroatoms. The van der Waals surface area contributed by atoms with Crippen LogP contribution in [0, 0.1) is 0 Å². The summed E-state index contributed by atoms with van der Waals surface area (Å²) in [5.41, 5.74) is 0. The third-order valence-corrected chi connectivity index (χ3v) is 3.88. The molecule has 0 rings (SSSR count). The van der Waals surface area contributed by atoms with Gasteiger partial charge < -0.3 is 10.1 Å². The minimum Gasteiger partial charge on any atom is -0.379 e. The molecule has 0 aliphatic carbocycles. The number of hydrogen-bond donors (Lipinski definition) is 1. The highest BCUT2D eigenvalue weighted by Gasteiger charge is 2.07. The number of hydrogen-bond acceptors (Lipinski definition) is 3. The molecule has 0 aromatic carbocycles. The Bertz CT molecular complexity index is 327. The standard InChI is InChI=1S/C20H39NO3/c1-17(2)21-20(23)15-14-19(22)13-11-9-7-5-6-8-10-12-16-24-18(3)4/h17-18H,5-16H2,1-4H3,(H,21,23). The van der Waals surface area contributed by atoms with E-state index in [2.05, 4.69) is 19.2 Å². The topological polar surface area (TPSA) is 55.4 Å². The van der Waals surface area contributed by atoms with Gasteiger partial charge in [-0.3, -0.25) is 9.59 Å². The Balaban J connectivity index is 3.29. The minimum atomic E-state index is -0.0165. The van der Waals surface area contributed by atoms with Gasteiger partial charge in [-0.2, -0.15) is 0 Å². The summed E-state index contributed by atoms with van der Waals surface area (Å²) in [5.74, 6) is 0.205. The zero-order chi connectivity index (χ0) is 18.2. The lowest BCUT2D eigenvalue weighted by Gasteiger charge is -2.07. The molecule has 0 bridgehead atoms. The molecule has 0 aromatic heterocycles. The first-order valence-corrected chi connectivity index (χ1v) is 9.84. The second kappa shape index (κ2) is 15.6. The SMILES string of the molecule is CC(C)NC(=O)CCC(=O)CCCCCCCCCCOC(C)C. The lowest BCUT2D eigenvalue weighted by Crippen LogP contribution is -2.30. The van der Waals surface area contributed by atoms with E-state index < -0.39 is 0 Å². The molecule has 4 nitrogen and oxygen atoms in total. The maximum absolute atomic E-state index is 11.7. The second-order valence-corrected chi connectivity index (χ2v) is 7.26. The zero-order valence-electron chi connectivity index (χ0n) is 16.4. The van der Waals surface area contributed by atoms with Gasteiger partial charge in [0.1, 0.15) is 5.78 Å². The number of nitrogens with one attached hydrogen (secondary N) is 1. The minimum absolute atomic E-state index is 0.0165. The maximum Gasteiger partial charge on any atom is 0.220 e. The third-order valence-electron chi connectivity index (χ3n) is 3.88. The second-order valence-electron chi connectivity index (χ2n) is 7.26. The Kier molecular flexibility index (Phi) is 15.0. The first-order valence-electron chi connectivity index (χ1n) is 9.84. The van der Waals surface area contributed by atoms with E-state index in [9.17, 15) is 9.59 Å². The third kappa shape index (κ3) is 17.5. The predicted octanol–water partition coefficient (Wildman–Crippen LogP) is 4.80. The van der Waals surface area contributed by atoms with Crippen molar-refractivity contribution >= 4 is 11.7 Å². The van der Waals surface area contributed by atoms with Gasteiger partial charge in [0.25, 0.3) is 0 Å². The van der Waals surface area contributed by atoms with Gasteiger partial charge in [0.15, 0.2) is 0 Å². The number of ketones is 1. The first-order chi connectivity index (χ1) is 11.4. The molecule has 1 amide bonds. The molecular weight excluding hydrogens is 302 g/mol. The van der Waals surface area contributed by atoms with Crippen molar-refractivity contribution in [3.05, 3.63) is 0 Å². The van der Waals surface area contributed by atoms with Crippen LogP contribution in [-0.2, 0) is 14.3 Å². The number of ether oxygens (including phenoxy) is 1. The van der Waals surface area contributed by atoms with Gasteiger partial charge >= 0.3 is 0 Å². The number of carbonyl (C=O) groups excluding carboxylic acids is 2. The molecule has 0 fully saturated rings. The van der Waals surface area contributed by atoms with Gasteiger partial charge in [-0.25, -0.2) is 0 Å². The fraction of sp³-hybridized carbons (Fsp3) is 0.900. The Hall–Kier alpha value is -0.900. The largest absolute Gasteiger partial charge is 0.379 e. The summed E-state index contributed by atoms with van der Waals surface area (Å²) < 4.78 is 5.52. The van der Waals surface area contributed by atoms with Crippen molar-refractivity contribution in [1.82, 2.24) is 5.32 Å². The highest BCUT2D eigenvalue weighted by molar-refractivity contribution is 5.84. The van der Waals surface area contributed by atoms with E-state index in [0.29, 0.717) is 25.4 Å². The van der Waals surface area contributed by atoms with Crippen LogP contribution in [-0.4, -0.2) is 30.4 Å². The lowest BCUT2D eigenvalue weighted by molar-refractivity contribution is -0.125. The molecule has 0 heterocycles. The van der Waals surface area contributed by atoms with Gasteiger partial charge in [0.2, 0.25) is 5.91 Å². The van der Waals surface area contributed by atoms with E-state index in [1.165, 1.54) is 32.1 Å². The molecule has 0 radical (unpaired) electrons. The quantitative estimate of drug-likeness (QED) is 0.410. The molecule has 0 aliphatic heterocycles. The molecule has 0 atom stereocenters. The number of amides is 1. The molecule has 1 N–H and O–H groups in total. The summed E-state index contributed by atoms with van der Waals surface area (Å²) in [6.07, 6.45) is 11.2. The number of unbranched alkanes of at least 4 members (excludes halogenated alkanes) is 7. The smallest absolute Gasteiger partial charge is 0.220 e. The van der Waals surface area contributed by atoms with E-state index in [1.807, 2.05) is 13.8 Å². The Morgan fingerprint density at radius 3 is 1.83 bits per heavy atom. The summed E-state index contributed by atoms with van der Waals surface area (Å²) in [7, 11) is 0. The van der Waals surface area contributed by atoms with Gasteiger partial charge in [-0.15, -0.1) is 0 Å². The Morgan fingerprint density at radius 1 is 0.750 bits per heavy atom. The van der Waals surface area contributed by atoms with E-state index >= 15 is 0 Å². The van der Waals surface area contributed by atoms with Crippen LogP contribution in [0.3, 0.4) is 0 Å². The summed E-state index contributed by atoms with van der Waals surface area (Å²) in [4.78, 5) is 23.2. The van der Waals surface area contributed by atoms with Gasteiger partial charge in [0.05, 0.1) is 6.10 Å². The fourth-order valence-electron chi connectivity index (χ4n) is 2.58. The van der Waals surface area contributed by atoms with Crippen LogP contribution in [0.25, 0.3) is 0 Å². The highest BCUT2D eigenvalue weighted by Crippen LogP contribution is 2.11. The van der Waals surface area contributed by atoms with E-state index in [0.717, 1.165) is 25.9 Å². The van der Waals surface area contributed by atoms with E-state index in [4.69, 9.17) is 4.74 Å². The van der Waals surface area contributed by atoms with Crippen molar-refractivity contribution in [3.8, 4) is 0 Å². The normalized spacial score (nSPS) is 11.2. The molecule has 0 saturated carbocycles. The van der Waals surface area contributed by atoms with Crippen LogP contribution in [0.5, 0.6) is 0 Å². The van der Waals surface area contributed by atoms with Gasteiger partial charge in [-0.1, -0.05) is 38.5 Å². The van der Waals surface area contributed by atoms with Crippen LogP contribution in [0.15, 0.2) is 0 Å². The van der Waals surface area contributed by atoms with Crippen molar-refractivity contribution in [3.63, 3.8) is 0 Å². The van der Waals surface area contributed by atoms with Crippen LogP contribution in [0.1, 0.15) is 98.3 Å². The fourth-order valence-corrected chi connectivity index (χ4v) is 2.58. The van der Waals surface area contributed by atoms with Gasteiger partial charge in [0, 0.05) is 31.9 Å². The molecule has 142 valence electrons. The summed E-state index contributed by atoms with van der Waals surface area (Å²) >= 11 is 0. The number of Topliss-reactive ketones (excluding diaryl/α,β-unsaturated/α-hetero) is 1. The molecule has 0 aliphatic rings. The molecule has 24 heavy (non-hydrogen) atoms. The van der Waals surface area contributed by atoms with Crippen LogP contribution >= 0.6 is 0 Å². The average Bonchev–Trinajstić information content (AvgIpc) is 2.49. The number of rotatable bonds is 16. The summed E-state index contributed by atoms with van der Waals surface area (Å²) in [6, 6.07) is 0.148. The van der Waals surface area contributed by atoms with Crippen LogP contribution < -0.4 is 5.32 Å². The Morgan fingerprint density at radius 2 is 1.29 bits per heavy atom. The van der Waals surface area contributed by atoms with Crippen LogP contribution in [0.2, 0.25) is 0 Å². The summed E-state index contributed by atoms with van der Waals surface area (Å²) in [5, 5.41) is 2.81. The van der Waals surface area contributed by atoms with E-state index in [1.54, 1.807) is 0 Å². The zero-order valence-corrected chi connectivity index (χ0v) is 16.4. The van der Waals surface area contributed by atoms with Crippen LogP contribution in [0.4, 0.5) is 0 Å². The average molecular weight is 342 g/mol. The lowest BCUT2D eigenvalue weighted by atomic mass is 10.0. The van der Waals surface area contributed by atoms with E-state index in [-0.39, 0.29) is 17.7 Å². The molecule has 0 aromatic rings. The molecular formula is C20H39NO3. The monoisotopic (exact) mass is 341 g/mol. The Labute approximate surface area is 149 Å². The van der Waals surface area contributed by atoms with Crippen molar-refractivity contribution in [2.24, 2.45) is 0 Å². The van der Waals surface area contributed by atoms with Crippen molar-refractivity contribution < 1.29 is 14.3 Å². The van der Waals surface area contributed by atoms with Crippen molar-refractivity contribution in [2.75, 3.05) is 6.61 Å². The molecule has 0 spiro atoms. The first kappa shape index (κ1) is 23.1. The number of carbonyl (C=O) groups is 2. The predicted molar refractivity (Wildman–Crippen MR) is 100 cm³/mol. The highest BCUT2D eigenvalue weighted by atomic mass is 16.5. The maximum atomic E-state index is 11.7. The molecule has 0 saturated heterocycles. The van der Waals surface area contributed by atoms with Crippen molar-refractivity contribution in [1.29, 1.82) is 0 Å². The summed E-state index contributed by atoms with van der Waals surface area (Å²) in [6.45, 7) is 8.89. The van der Waals surface area contributed by atoms with Crippen molar-refractivity contribution in [2.45, 2.75) is 110 Å².